The third kappa shape index (κ3) is 4.02. The van der Waals surface area contributed by atoms with E-state index in [0.29, 0.717) is 18.5 Å². The summed E-state index contributed by atoms with van der Waals surface area (Å²) < 4.78 is 13.6. The van der Waals surface area contributed by atoms with E-state index >= 15 is 0 Å². The van der Waals surface area contributed by atoms with E-state index in [1.54, 1.807) is 12.1 Å². The fourth-order valence-electron chi connectivity index (χ4n) is 3.17. The predicted molar refractivity (Wildman–Crippen MR) is 77.5 cm³/mol. The summed E-state index contributed by atoms with van der Waals surface area (Å²) in [5.41, 5.74) is 0.794. The van der Waals surface area contributed by atoms with Crippen LogP contribution in [-0.2, 0) is 6.54 Å². The van der Waals surface area contributed by atoms with E-state index in [2.05, 4.69) is 24.2 Å². The van der Waals surface area contributed by atoms with E-state index < -0.39 is 0 Å². The van der Waals surface area contributed by atoms with Crippen molar-refractivity contribution in [3.8, 4) is 0 Å². The Morgan fingerprint density at radius 3 is 2.84 bits per heavy atom. The number of hydrogen-bond acceptors (Lipinski definition) is 2. The summed E-state index contributed by atoms with van der Waals surface area (Å²) >= 11 is 0. The Kier molecular flexibility index (Phi) is 5.34. The number of benzene rings is 1. The van der Waals surface area contributed by atoms with Gasteiger partial charge in [0.1, 0.15) is 5.82 Å². The highest BCUT2D eigenvalue weighted by Crippen LogP contribution is 2.26. The molecule has 0 radical (unpaired) electrons. The van der Waals surface area contributed by atoms with E-state index in [-0.39, 0.29) is 5.82 Å². The lowest BCUT2D eigenvalue weighted by Gasteiger charge is -2.26. The fourth-order valence-corrected chi connectivity index (χ4v) is 3.17. The van der Waals surface area contributed by atoms with Crippen LogP contribution in [0.1, 0.15) is 31.7 Å². The Labute approximate surface area is 116 Å². The first kappa shape index (κ1) is 14.5. The van der Waals surface area contributed by atoms with Crippen LogP contribution in [0, 0.1) is 11.7 Å². The lowest BCUT2D eigenvalue weighted by molar-refractivity contribution is 0.243. The number of nitrogens with one attached hydrogen (secondary N) is 1. The minimum atomic E-state index is -0.0935. The molecule has 0 bridgehead atoms. The smallest absolute Gasteiger partial charge is 0.127 e. The lowest BCUT2D eigenvalue weighted by Crippen LogP contribution is -2.38. The van der Waals surface area contributed by atoms with Gasteiger partial charge in [0.25, 0.3) is 0 Å². The monoisotopic (exact) mass is 264 g/mol. The maximum absolute atomic E-state index is 13.6. The summed E-state index contributed by atoms with van der Waals surface area (Å²) in [6, 6.07) is 7.72. The molecule has 0 heterocycles. The summed E-state index contributed by atoms with van der Waals surface area (Å²) in [5, 5.41) is 3.57. The molecule has 1 aliphatic rings. The fraction of sp³-hybridized carbons (Fsp3) is 0.625. The average molecular weight is 264 g/mol. The van der Waals surface area contributed by atoms with E-state index in [0.717, 1.165) is 18.7 Å². The van der Waals surface area contributed by atoms with Crippen LogP contribution in [-0.4, -0.2) is 31.1 Å². The summed E-state index contributed by atoms with van der Waals surface area (Å²) in [5.74, 6) is 0.612. The number of rotatable bonds is 6. The largest absolute Gasteiger partial charge is 0.314 e. The van der Waals surface area contributed by atoms with Crippen molar-refractivity contribution in [1.82, 2.24) is 10.2 Å². The molecule has 2 nitrogen and oxygen atoms in total. The molecule has 1 N–H and O–H groups in total. The first-order valence-electron chi connectivity index (χ1n) is 7.36. The Hall–Kier alpha value is -0.930. The molecule has 2 atom stereocenters. The molecule has 1 aromatic carbocycles. The Morgan fingerprint density at radius 1 is 1.32 bits per heavy atom. The number of nitrogens with zero attached hydrogens (tertiary/aromatic N) is 1. The van der Waals surface area contributed by atoms with Gasteiger partial charge in [0, 0.05) is 24.7 Å². The molecule has 3 heteroatoms. The van der Waals surface area contributed by atoms with Crippen molar-refractivity contribution >= 4 is 0 Å². The molecule has 0 amide bonds. The maximum atomic E-state index is 13.6. The molecule has 1 saturated carbocycles. The van der Waals surface area contributed by atoms with Crippen molar-refractivity contribution < 1.29 is 4.39 Å². The summed E-state index contributed by atoms with van der Waals surface area (Å²) in [6.45, 7) is 4.95. The van der Waals surface area contributed by atoms with Crippen molar-refractivity contribution in [2.75, 3.05) is 20.1 Å². The van der Waals surface area contributed by atoms with Crippen LogP contribution in [0.3, 0.4) is 0 Å². The molecular weight excluding hydrogens is 239 g/mol. The highest BCUT2D eigenvalue weighted by atomic mass is 19.1. The normalized spacial score (nSPS) is 23.2. The topological polar surface area (TPSA) is 15.3 Å². The molecule has 0 saturated heterocycles. The van der Waals surface area contributed by atoms with Crippen molar-refractivity contribution in [3.63, 3.8) is 0 Å². The first-order valence-corrected chi connectivity index (χ1v) is 7.36. The van der Waals surface area contributed by atoms with E-state index in [1.807, 2.05) is 12.1 Å². The molecule has 0 aromatic heterocycles. The summed E-state index contributed by atoms with van der Waals surface area (Å²) in [7, 11) is 2.09. The summed E-state index contributed by atoms with van der Waals surface area (Å²) in [6.07, 6.45) is 3.89. The zero-order valence-corrected chi connectivity index (χ0v) is 12.0. The van der Waals surface area contributed by atoms with Crippen molar-refractivity contribution in [1.29, 1.82) is 0 Å². The minimum Gasteiger partial charge on any atom is -0.314 e. The molecular formula is C16H25FN2. The molecule has 1 aliphatic carbocycles. The molecule has 1 fully saturated rings. The molecule has 0 aliphatic heterocycles. The zero-order valence-electron chi connectivity index (χ0n) is 12.0. The van der Waals surface area contributed by atoms with Gasteiger partial charge in [-0.3, -0.25) is 0 Å². The van der Waals surface area contributed by atoms with Crippen molar-refractivity contribution in [2.45, 2.75) is 38.8 Å². The quantitative estimate of drug-likeness (QED) is 0.849. The van der Waals surface area contributed by atoms with Gasteiger partial charge in [-0.25, -0.2) is 4.39 Å². The second kappa shape index (κ2) is 7.01. The van der Waals surface area contributed by atoms with Crippen LogP contribution in [0.2, 0.25) is 0 Å². The second-order valence-electron chi connectivity index (χ2n) is 5.64. The third-order valence-electron chi connectivity index (χ3n) is 4.07. The Bertz CT molecular complexity index is 394. The van der Waals surface area contributed by atoms with Crippen molar-refractivity contribution in [3.05, 3.63) is 35.6 Å². The Balaban J connectivity index is 1.87. The lowest BCUT2D eigenvalue weighted by atomic mass is 10.0. The Morgan fingerprint density at radius 2 is 2.11 bits per heavy atom. The standard InChI is InChI=1S/C16H25FN2/c1-3-18-16-10-6-8-14(16)12-19(2)11-13-7-4-5-9-15(13)17/h4-5,7,9,14,16,18H,3,6,8,10-12H2,1-2H3. The molecule has 19 heavy (non-hydrogen) atoms. The SMILES string of the molecule is CCNC1CCCC1CN(C)Cc1ccccc1F. The van der Waals surface area contributed by atoms with Gasteiger partial charge in [-0.2, -0.15) is 0 Å². The van der Waals surface area contributed by atoms with Gasteiger partial charge in [0.15, 0.2) is 0 Å². The zero-order chi connectivity index (χ0) is 13.7. The average Bonchev–Trinajstić information content (AvgIpc) is 2.80. The number of halogens is 1. The third-order valence-corrected chi connectivity index (χ3v) is 4.07. The minimum absolute atomic E-state index is 0.0935. The van der Waals surface area contributed by atoms with E-state index in [9.17, 15) is 4.39 Å². The van der Waals surface area contributed by atoms with Gasteiger partial charge in [-0.1, -0.05) is 31.5 Å². The van der Waals surface area contributed by atoms with Crippen LogP contribution in [0.15, 0.2) is 24.3 Å². The van der Waals surface area contributed by atoms with Gasteiger partial charge in [0.05, 0.1) is 0 Å². The van der Waals surface area contributed by atoms with Gasteiger partial charge in [0.2, 0.25) is 0 Å². The maximum Gasteiger partial charge on any atom is 0.127 e. The second-order valence-corrected chi connectivity index (χ2v) is 5.64. The van der Waals surface area contributed by atoms with Gasteiger partial charge in [-0.05, 0) is 38.4 Å². The highest BCUT2D eigenvalue weighted by molar-refractivity contribution is 5.17. The van der Waals surface area contributed by atoms with Crippen LogP contribution in [0.25, 0.3) is 0 Å². The molecule has 106 valence electrons. The summed E-state index contributed by atoms with van der Waals surface area (Å²) in [4.78, 5) is 2.25. The van der Waals surface area contributed by atoms with Gasteiger partial charge < -0.3 is 10.2 Å². The molecule has 0 spiro atoms. The molecule has 1 aromatic rings. The predicted octanol–water partition coefficient (Wildman–Crippen LogP) is 3.04. The van der Waals surface area contributed by atoms with Crippen LogP contribution >= 0.6 is 0 Å². The van der Waals surface area contributed by atoms with E-state index in [4.69, 9.17) is 0 Å². The number of hydrogen-bond donors (Lipinski definition) is 1. The highest BCUT2D eigenvalue weighted by Gasteiger charge is 2.27. The molecule has 2 unspecified atom stereocenters. The van der Waals surface area contributed by atoms with Crippen molar-refractivity contribution in [2.24, 2.45) is 5.92 Å². The van der Waals surface area contributed by atoms with E-state index in [1.165, 1.54) is 19.3 Å². The first-order chi connectivity index (χ1) is 9.20. The van der Waals surface area contributed by atoms with Gasteiger partial charge in [-0.15, -0.1) is 0 Å². The molecule has 2 rings (SSSR count). The van der Waals surface area contributed by atoms with Crippen LogP contribution in [0.5, 0.6) is 0 Å². The van der Waals surface area contributed by atoms with Crippen LogP contribution in [0.4, 0.5) is 4.39 Å². The van der Waals surface area contributed by atoms with Gasteiger partial charge >= 0.3 is 0 Å². The van der Waals surface area contributed by atoms with Crippen LogP contribution < -0.4 is 5.32 Å².